The van der Waals surface area contributed by atoms with Gasteiger partial charge in [0.2, 0.25) is 0 Å². The lowest BCUT2D eigenvalue weighted by molar-refractivity contribution is 0.986. The molecule has 0 saturated heterocycles. The minimum Gasteiger partial charge on any atom is -0.264 e. The summed E-state index contributed by atoms with van der Waals surface area (Å²) in [6.07, 6.45) is 17.7. The minimum atomic E-state index is 0.782. The highest BCUT2D eigenvalue weighted by Crippen LogP contribution is 2.43. The molecule has 0 unspecified atom stereocenters. The summed E-state index contributed by atoms with van der Waals surface area (Å²) < 4.78 is 0. The van der Waals surface area contributed by atoms with Crippen LogP contribution in [0.4, 0.5) is 5.69 Å². The van der Waals surface area contributed by atoms with Crippen molar-refractivity contribution in [2.75, 3.05) is 0 Å². The fourth-order valence-corrected chi connectivity index (χ4v) is 7.82. The Hall–Kier alpha value is -6.64. The minimum absolute atomic E-state index is 0.782. The Morgan fingerprint density at radius 3 is 2.02 bits per heavy atom. The molecule has 0 fully saturated rings. The van der Waals surface area contributed by atoms with E-state index in [1.54, 1.807) is 0 Å². The molecule has 1 aliphatic heterocycles. The van der Waals surface area contributed by atoms with Crippen LogP contribution in [0.25, 0.3) is 56.2 Å². The third kappa shape index (κ3) is 6.59. The van der Waals surface area contributed by atoms with Crippen LogP contribution in [0, 0.1) is 0 Å². The number of hydrogen-bond donors (Lipinski definition) is 0. The van der Waals surface area contributed by atoms with Gasteiger partial charge < -0.3 is 0 Å². The Labute approximate surface area is 318 Å². The zero-order valence-electron chi connectivity index (χ0n) is 30.4. The van der Waals surface area contributed by atoms with Crippen LogP contribution in [-0.4, -0.2) is 10.7 Å². The molecule has 54 heavy (non-hydrogen) atoms. The van der Waals surface area contributed by atoms with Gasteiger partial charge in [-0.05, 0) is 116 Å². The first kappa shape index (κ1) is 33.2. The maximum absolute atomic E-state index is 5.36. The number of aryl methyl sites for hydroxylation is 1. The molecule has 0 N–H and O–H groups in total. The van der Waals surface area contributed by atoms with Gasteiger partial charge in [0.1, 0.15) is 0 Å². The molecule has 6 aromatic carbocycles. The van der Waals surface area contributed by atoms with Crippen molar-refractivity contribution in [1.29, 1.82) is 0 Å². The summed E-state index contributed by atoms with van der Waals surface area (Å²) in [7, 11) is 0. The van der Waals surface area contributed by atoms with E-state index in [9.17, 15) is 0 Å². The summed E-state index contributed by atoms with van der Waals surface area (Å²) in [6, 6.07) is 52.9. The fraction of sp³-hybridized carbons (Fsp3) is 0.0769. The largest absolute Gasteiger partial charge is 0.264 e. The highest BCUT2D eigenvalue weighted by molar-refractivity contribution is 6.09. The standard InChI is InChI=1S/C52H40N2/c1-2-3-16-47(38-11-5-4-6-12-38)40-27-29-43(30-28-40)51-34-46-32-45(37-21-23-41(24-22-37)49-18-9-14-39-13-7-8-17-48(39)49)33-50(52(46)54-51)42-25-19-36(20-26-42)44-15-10-31-53-35-44/h2-6,8-12,14-33,35H,7,13,34H2,1H3/b3-2-,47-16+. The van der Waals surface area contributed by atoms with Crippen molar-refractivity contribution in [2.24, 2.45) is 4.99 Å². The number of aromatic nitrogens is 1. The number of allylic oxidation sites excluding steroid dienone is 4. The summed E-state index contributed by atoms with van der Waals surface area (Å²) in [5.41, 5.74) is 20.5. The summed E-state index contributed by atoms with van der Waals surface area (Å²) in [4.78, 5) is 9.70. The van der Waals surface area contributed by atoms with Gasteiger partial charge >= 0.3 is 0 Å². The maximum atomic E-state index is 5.36. The smallest absolute Gasteiger partial charge is 0.0748 e. The van der Waals surface area contributed by atoms with Crippen molar-refractivity contribution < 1.29 is 0 Å². The fourth-order valence-electron chi connectivity index (χ4n) is 7.82. The average Bonchev–Trinajstić information content (AvgIpc) is 3.69. The van der Waals surface area contributed by atoms with Gasteiger partial charge in [-0.3, -0.25) is 9.98 Å². The van der Waals surface area contributed by atoms with Crippen molar-refractivity contribution in [3.63, 3.8) is 0 Å². The van der Waals surface area contributed by atoms with Gasteiger partial charge in [-0.1, -0.05) is 158 Å². The highest BCUT2D eigenvalue weighted by atomic mass is 14.8. The molecule has 0 bridgehead atoms. The number of rotatable bonds is 8. The Morgan fingerprint density at radius 1 is 0.574 bits per heavy atom. The molecule has 1 aromatic heterocycles. The molecule has 9 rings (SSSR count). The van der Waals surface area contributed by atoms with Gasteiger partial charge in [-0.25, -0.2) is 0 Å². The van der Waals surface area contributed by atoms with E-state index in [4.69, 9.17) is 4.99 Å². The molecule has 1 aliphatic carbocycles. The van der Waals surface area contributed by atoms with Gasteiger partial charge in [0.05, 0.1) is 11.4 Å². The second-order valence-electron chi connectivity index (χ2n) is 14.0. The van der Waals surface area contributed by atoms with Crippen molar-refractivity contribution in [2.45, 2.75) is 26.2 Å². The molecule has 7 aromatic rings. The van der Waals surface area contributed by atoms with Gasteiger partial charge in [0.15, 0.2) is 0 Å². The molecule has 0 saturated carbocycles. The van der Waals surface area contributed by atoms with Gasteiger partial charge in [0.25, 0.3) is 0 Å². The Bertz CT molecular complexity index is 2570. The molecule has 0 atom stereocenters. The lowest BCUT2D eigenvalue weighted by Gasteiger charge is -2.16. The molecule has 0 amide bonds. The zero-order chi connectivity index (χ0) is 36.3. The molecular formula is C52H40N2. The van der Waals surface area contributed by atoms with E-state index < -0.39 is 0 Å². The van der Waals surface area contributed by atoms with Gasteiger partial charge in [-0.2, -0.15) is 0 Å². The molecule has 2 heteroatoms. The quantitative estimate of drug-likeness (QED) is 0.146. The second kappa shape index (κ2) is 14.8. The van der Waals surface area contributed by atoms with Crippen molar-refractivity contribution in [3.8, 4) is 44.5 Å². The third-order valence-electron chi connectivity index (χ3n) is 10.6. The first-order valence-electron chi connectivity index (χ1n) is 18.9. The molecule has 2 nitrogen and oxygen atoms in total. The zero-order valence-corrected chi connectivity index (χ0v) is 30.4. The van der Waals surface area contributed by atoms with Crippen molar-refractivity contribution in [3.05, 3.63) is 216 Å². The number of nitrogens with zero attached hydrogens (tertiary/aromatic N) is 2. The van der Waals surface area contributed by atoms with Gasteiger partial charge in [0, 0.05) is 24.4 Å². The highest BCUT2D eigenvalue weighted by Gasteiger charge is 2.22. The lowest BCUT2D eigenvalue weighted by atomic mass is 9.89. The normalized spacial score (nSPS) is 13.5. The molecular weight excluding hydrogens is 653 g/mol. The van der Waals surface area contributed by atoms with Crippen LogP contribution in [0.1, 0.15) is 46.7 Å². The number of benzene rings is 6. The van der Waals surface area contributed by atoms with Gasteiger partial charge in [-0.15, -0.1) is 0 Å². The van der Waals surface area contributed by atoms with Crippen molar-refractivity contribution in [1.82, 2.24) is 4.98 Å². The first-order chi connectivity index (χ1) is 26.7. The summed E-state index contributed by atoms with van der Waals surface area (Å²) in [6.45, 7) is 2.05. The molecule has 0 spiro atoms. The number of aliphatic imine (C=N–C) groups is 1. The maximum Gasteiger partial charge on any atom is 0.0748 e. The van der Waals surface area contributed by atoms with Crippen LogP contribution in [0.5, 0.6) is 0 Å². The molecule has 258 valence electrons. The monoisotopic (exact) mass is 692 g/mol. The van der Waals surface area contributed by atoms with E-state index in [2.05, 4.69) is 182 Å². The SMILES string of the molecule is C/C=C\C=C(/c1ccccc1)c1ccc(C2=Nc3c(cc(-c4ccc(-c5cccc6c5C=CCC6)cc4)cc3-c3ccc(-c4cccnc4)cc3)C2)cc1. The van der Waals surface area contributed by atoms with E-state index >= 15 is 0 Å². The van der Waals surface area contributed by atoms with E-state index in [0.717, 1.165) is 58.5 Å². The Kier molecular flexibility index (Phi) is 9.08. The van der Waals surface area contributed by atoms with Crippen LogP contribution in [-0.2, 0) is 12.8 Å². The van der Waals surface area contributed by atoms with Crippen LogP contribution in [0.3, 0.4) is 0 Å². The summed E-state index contributed by atoms with van der Waals surface area (Å²) >= 11 is 0. The summed E-state index contributed by atoms with van der Waals surface area (Å²) in [5, 5.41) is 0. The van der Waals surface area contributed by atoms with E-state index in [1.807, 2.05) is 18.5 Å². The Balaban J connectivity index is 1.08. The number of fused-ring (bicyclic) bond motifs is 2. The predicted molar refractivity (Wildman–Crippen MR) is 228 cm³/mol. The molecule has 2 heterocycles. The molecule has 2 aliphatic rings. The first-order valence-corrected chi connectivity index (χ1v) is 18.9. The van der Waals surface area contributed by atoms with Crippen LogP contribution in [0.2, 0.25) is 0 Å². The topological polar surface area (TPSA) is 25.2 Å². The van der Waals surface area contributed by atoms with Crippen LogP contribution in [0.15, 0.2) is 187 Å². The van der Waals surface area contributed by atoms with E-state index in [-0.39, 0.29) is 0 Å². The Morgan fingerprint density at radius 2 is 1.28 bits per heavy atom. The average molecular weight is 693 g/mol. The van der Waals surface area contributed by atoms with Crippen LogP contribution < -0.4 is 0 Å². The van der Waals surface area contributed by atoms with Crippen molar-refractivity contribution >= 4 is 23.0 Å². The van der Waals surface area contributed by atoms with E-state index in [0.29, 0.717) is 0 Å². The number of pyridine rings is 1. The number of hydrogen-bond acceptors (Lipinski definition) is 2. The third-order valence-corrected chi connectivity index (χ3v) is 10.6. The predicted octanol–water partition coefficient (Wildman–Crippen LogP) is 13.4. The van der Waals surface area contributed by atoms with Crippen LogP contribution >= 0.6 is 0 Å². The molecule has 0 radical (unpaired) electrons. The summed E-state index contributed by atoms with van der Waals surface area (Å²) in [5.74, 6) is 0. The lowest BCUT2D eigenvalue weighted by Crippen LogP contribution is -2.00. The van der Waals surface area contributed by atoms with E-state index in [1.165, 1.54) is 55.6 Å². The second-order valence-corrected chi connectivity index (χ2v) is 14.0.